The molecule has 2 aromatic carbocycles. The molecule has 22 heavy (non-hydrogen) atoms. The molecule has 0 bridgehead atoms. The normalized spacial score (nSPS) is 15.1. The van der Waals surface area contributed by atoms with Gasteiger partial charge in [-0.3, -0.25) is 4.99 Å². The summed E-state index contributed by atoms with van der Waals surface area (Å²) >= 11 is 0. The zero-order chi connectivity index (χ0) is 15.7. The molecule has 1 aliphatic rings. The molecule has 1 heterocycles. The van der Waals surface area contributed by atoms with Gasteiger partial charge in [-0.15, -0.1) is 0 Å². The highest BCUT2D eigenvalue weighted by atomic mass is 19.4. The van der Waals surface area contributed by atoms with Crippen LogP contribution in [0.3, 0.4) is 0 Å². The molecule has 0 amide bonds. The molecule has 0 N–H and O–H groups in total. The van der Waals surface area contributed by atoms with Gasteiger partial charge in [0.2, 0.25) is 0 Å². The van der Waals surface area contributed by atoms with E-state index >= 15 is 0 Å². The van der Waals surface area contributed by atoms with Gasteiger partial charge < -0.3 is 4.90 Å². The van der Waals surface area contributed by atoms with Crippen LogP contribution in [0.15, 0.2) is 53.5 Å². The second-order valence-corrected chi connectivity index (χ2v) is 5.21. The predicted molar refractivity (Wildman–Crippen MR) is 81.7 cm³/mol. The molecule has 0 aromatic heterocycles. The number of fused-ring (bicyclic) bond motifs is 1. The number of alkyl halides is 3. The van der Waals surface area contributed by atoms with Crippen molar-refractivity contribution < 1.29 is 13.2 Å². The molecule has 0 saturated carbocycles. The zero-order valence-electron chi connectivity index (χ0n) is 12.1. The van der Waals surface area contributed by atoms with E-state index < -0.39 is 11.7 Å². The third-order valence-corrected chi connectivity index (χ3v) is 3.76. The van der Waals surface area contributed by atoms with Gasteiger partial charge in [0.15, 0.2) is 0 Å². The van der Waals surface area contributed by atoms with Gasteiger partial charge in [0.25, 0.3) is 0 Å². The lowest BCUT2D eigenvalue weighted by atomic mass is 9.96. The molecular formula is C17H15F3N2. The highest BCUT2D eigenvalue weighted by molar-refractivity contribution is 6.17. The Morgan fingerprint density at radius 2 is 1.59 bits per heavy atom. The summed E-state index contributed by atoms with van der Waals surface area (Å²) in [5.74, 6) is 0. The lowest BCUT2D eigenvalue weighted by Crippen LogP contribution is -2.20. The molecule has 2 nitrogen and oxygen atoms in total. The third-order valence-electron chi connectivity index (χ3n) is 3.76. The van der Waals surface area contributed by atoms with Gasteiger partial charge >= 0.3 is 6.18 Å². The topological polar surface area (TPSA) is 15.6 Å². The third kappa shape index (κ3) is 2.58. The van der Waals surface area contributed by atoms with Crippen LogP contribution in [-0.2, 0) is 6.18 Å². The van der Waals surface area contributed by atoms with Gasteiger partial charge in [-0.1, -0.05) is 36.4 Å². The highest BCUT2D eigenvalue weighted by Gasteiger charge is 2.35. The number of anilines is 1. The molecule has 2 aromatic rings. The number of hydrogen-bond donors (Lipinski definition) is 0. The Hall–Kier alpha value is -2.30. The molecule has 3 rings (SSSR count). The first-order chi connectivity index (χ1) is 10.5. The Morgan fingerprint density at radius 1 is 0.955 bits per heavy atom. The first kappa shape index (κ1) is 14.6. The maximum Gasteiger partial charge on any atom is 0.417 e. The molecule has 1 aliphatic heterocycles. The summed E-state index contributed by atoms with van der Waals surface area (Å²) in [5.41, 5.74) is 1.54. The van der Waals surface area contributed by atoms with Gasteiger partial charge in [-0.2, -0.15) is 13.2 Å². The van der Waals surface area contributed by atoms with Crippen molar-refractivity contribution in [2.24, 2.45) is 4.99 Å². The minimum atomic E-state index is -4.40. The number of para-hydroxylation sites is 1. The lowest BCUT2D eigenvalue weighted by molar-refractivity contribution is -0.137. The lowest BCUT2D eigenvalue weighted by Gasteiger charge is -2.20. The average Bonchev–Trinajstić information content (AvgIpc) is 2.66. The largest absolute Gasteiger partial charge is 0.417 e. The maximum absolute atomic E-state index is 13.3. The summed E-state index contributed by atoms with van der Waals surface area (Å²) in [7, 11) is 1.92. The van der Waals surface area contributed by atoms with Crippen molar-refractivity contribution in [1.82, 2.24) is 0 Å². The van der Waals surface area contributed by atoms with Crippen molar-refractivity contribution in [3.8, 4) is 0 Å². The van der Waals surface area contributed by atoms with Crippen molar-refractivity contribution in [2.45, 2.75) is 6.18 Å². The standard InChI is InChI=1S/C17H15F3N2/c1-22-11-10-21-16(13-7-3-5-9-15(13)22)12-6-2-4-8-14(12)17(18,19)20/h2-9H,10-11H2,1H3. The summed E-state index contributed by atoms with van der Waals surface area (Å²) in [6.07, 6.45) is -4.40. The van der Waals surface area contributed by atoms with Crippen molar-refractivity contribution in [1.29, 1.82) is 0 Å². The van der Waals surface area contributed by atoms with E-state index in [2.05, 4.69) is 4.99 Å². The van der Waals surface area contributed by atoms with E-state index in [0.29, 0.717) is 18.8 Å². The number of halogens is 3. The number of benzodiazepines with no additional fused rings is 1. The van der Waals surface area contributed by atoms with E-state index in [9.17, 15) is 13.2 Å². The van der Waals surface area contributed by atoms with E-state index in [1.165, 1.54) is 12.1 Å². The smallest absolute Gasteiger partial charge is 0.372 e. The van der Waals surface area contributed by atoms with E-state index in [4.69, 9.17) is 0 Å². The molecule has 0 aliphatic carbocycles. The second-order valence-electron chi connectivity index (χ2n) is 5.21. The van der Waals surface area contributed by atoms with E-state index in [1.54, 1.807) is 6.07 Å². The summed E-state index contributed by atoms with van der Waals surface area (Å²) < 4.78 is 39.9. The number of rotatable bonds is 1. The van der Waals surface area contributed by atoms with Crippen molar-refractivity contribution in [3.05, 3.63) is 65.2 Å². The fourth-order valence-electron chi connectivity index (χ4n) is 2.69. The van der Waals surface area contributed by atoms with Crippen LogP contribution < -0.4 is 4.90 Å². The Balaban J connectivity index is 2.21. The fraction of sp³-hybridized carbons (Fsp3) is 0.235. The number of likely N-dealkylation sites (N-methyl/N-ethyl adjacent to an activating group) is 1. The maximum atomic E-state index is 13.3. The van der Waals surface area contributed by atoms with E-state index in [1.807, 2.05) is 36.2 Å². The minimum Gasteiger partial charge on any atom is -0.372 e. The molecule has 114 valence electrons. The number of aliphatic imine (C=N–C) groups is 1. The van der Waals surface area contributed by atoms with Crippen molar-refractivity contribution in [2.75, 3.05) is 25.0 Å². The SMILES string of the molecule is CN1CCN=C(c2ccccc2C(F)(F)F)c2ccccc21. The monoisotopic (exact) mass is 304 g/mol. The van der Waals surface area contributed by atoms with E-state index in [-0.39, 0.29) is 5.56 Å². The van der Waals surface area contributed by atoms with Gasteiger partial charge in [-0.25, -0.2) is 0 Å². The van der Waals surface area contributed by atoms with Crippen LogP contribution in [0.5, 0.6) is 0 Å². The molecule has 0 saturated heterocycles. The Morgan fingerprint density at radius 3 is 2.32 bits per heavy atom. The van der Waals surface area contributed by atoms with Crippen LogP contribution >= 0.6 is 0 Å². The zero-order valence-corrected chi connectivity index (χ0v) is 12.1. The van der Waals surface area contributed by atoms with Crippen LogP contribution in [0, 0.1) is 0 Å². The second kappa shape index (κ2) is 5.48. The number of nitrogens with zero attached hydrogens (tertiary/aromatic N) is 2. The van der Waals surface area contributed by atoms with Gasteiger partial charge in [0.1, 0.15) is 0 Å². The molecule has 0 fully saturated rings. The predicted octanol–water partition coefficient (Wildman–Crippen LogP) is 3.99. The van der Waals surface area contributed by atoms with Crippen molar-refractivity contribution >= 4 is 11.4 Å². The molecule has 0 unspecified atom stereocenters. The molecular weight excluding hydrogens is 289 g/mol. The van der Waals surface area contributed by atoms with Crippen LogP contribution in [0.1, 0.15) is 16.7 Å². The van der Waals surface area contributed by atoms with Crippen LogP contribution in [0.2, 0.25) is 0 Å². The van der Waals surface area contributed by atoms with Crippen molar-refractivity contribution in [3.63, 3.8) is 0 Å². The van der Waals surface area contributed by atoms with Gasteiger partial charge in [0.05, 0.1) is 17.8 Å². The summed E-state index contributed by atoms with van der Waals surface area (Å²) in [6, 6.07) is 13.1. The number of benzene rings is 2. The molecule has 0 atom stereocenters. The number of hydrogen-bond acceptors (Lipinski definition) is 2. The minimum absolute atomic E-state index is 0.137. The Labute approximate surface area is 126 Å². The van der Waals surface area contributed by atoms with E-state index in [0.717, 1.165) is 17.3 Å². The Bertz CT molecular complexity index is 720. The first-order valence-corrected chi connectivity index (χ1v) is 7.00. The van der Waals surface area contributed by atoms with Gasteiger partial charge in [-0.05, 0) is 12.1 Å². The summed E-state index contributed by atoms with van der Waals surface area (Å²) in [5, 5.41) is 0. The first-order valence-electron chi connectivity index (χ1n) is 7.00. The van der Waals surface area contributed by atoms with Crippen LogP contribution in [0.25, 0.3) is 0 Å². The molecule has 0 radical (unpaired) electrons. The summed E-state index contributed by atoms with van der Waals surface area (Å²) in [4.78, 5) is 6.45. The quantitative estimate of drug-likeness (QED) is 0.778. The summed E-state index contributed by atoms with van der Waals surface area (Å²) in [6.45, 7) is 1.14. The molecule has 5 heteroatoms. The Kier molecular flexibility index (Phi) is 3.64. The highest BCUT2D eigenvalue weighted by Crippen LogP contribution is 2.34. The van der Waals surface area contributed by atoms with Gasteiger partial charge in [0, 0.05) is 30.4 Å². The average molecular weight is 304 g/mol. The van der Waals surface area contributed by atoms with Crippen LogP contribution in [-0.4, -0.2) is 25.8 Å². The fourth-order valence-corrected chi connectivity index (χ4v) is 2.69. The van der Waals surface area contributed by atoms with Crippen LogP contribution in [0.4, 0.5) is 18.9 Å². The molecule has 0 spiro atoms.